The first kappa shape index (κ1) is 20.4. The number of carboxylic acids is 1. The number of nitrogens with one attached hydrogen (secondary N) is 1. The zero-order chi connectivity index (χ0) is 20.0. The number of nitrogens with zero attached hydrogens (tertiary/aromatic N) is 1. The Bertz CT molecular complexity index is 846. The number of carbonyl (C=O) groups is 2. The second-order valence-corrected chi connectivity index (χ2v) is 6.44. The fourth-order valence-electron chi connectivity index (χ4n) is 2.41. The second kappa shape index (κ2) is 9.16. The van der Waals surface area contributed by atoms with Crippen LogP contribution in [0.1, 0.15) is 27.0 Å². The summed E-state index contributed by atoms with van der Waals surface area (Å²) in [5.74, 6) is -1.60. The van der Waals surface area contributed by atoms with E-state index in [0.717, 1.165) is 11.1 Å². The number of benzene rings is 2. The third-order valence-corrected chi connectivity index (χ3v) is 4.35. The van der Waals surface area contributed by atoms with Crippen molar-refractivity contribution in [2.24, 2.45) is 16.5 Å². The van der Waals surface area contributed by atoms with E-state index in [1.165, 1.54) is 0 Å². The molecule has 0 aliphatic rings. The standard InChI is InChI=1S/C19H21ClN4O3/c1-11-3-2-4-15(20)14(11)10-23-19(22)24-17(25)13-7-5-12(6-8-13)9-16(21)18(26)27/h2-8,16H,9-10,21H2,1H3,(H,26,27)(H3,22,23,24,25)/t16-/m0/s1. The minimum Gasteiger partial charge on any atom is -0.480 e. The second-order valence-electron chi connectivity index (χ2n) is 6.04. The molecule has 0 aliphatic heterocycles. The SMILES string of the molecule is Cc1cccc(Cl)c1CN/C(N)=N/C(=O)c1ccc(C[C@H](N)C(=O)O)cc1. The van der Waals surface area contributed by atoms with Crippen LogP contribution < -0.4 is 16.8 Å². The Morgan fingerprint density at radius 3 is 2.48 bits per heavy atom. The van der Waals surface area contributed by atoms with Gasteiger partial charge in [-0.2, -0.15) is 4.99 Å². The lowest BCUT2D eigenvalue weighted by Gasteiger charge is -2.10. The summed E-state index contributed by atoms with van der Waals surface area (Å²) in [6.07, 6.45) is 0.175. The maximum Gasteiger partial charge on any atom is 0.320 e. The molecular weight excluding hydrogens is 368 g/mol. The summed E-state index contributed by atoms with van der Waals surface area (Å²) in [7, 11) is 0. The zero-order valence-corrected chi connectivity index (χ0v) is 15.5. The van der Waals surface area contributed by atoms with Crippen LogP contribution in [0.2, 0.25) is 5.02 Å². The lowest BCUT2D eigenvalue weighted by molar-refractivity contribution is -0.138. The van der Waals surface area contributed by atoms with Gasteiger partial charge in [0.25, 0.3) is 5.91 Å². The predicted octanol–water partition coefficient (Wildman–Crippen LogP) is 1.85. The molecule has 2 aromatic rings. The van der Waals surface area contributed by atoms with Crippen molar-refractivity contribution in [1.82, 2.24) is 5.32 Å². The van der Waals surface area contributed by atoms with Crippen molar-refractivity contribution in [3.63, 3.8) is 0 Å². The number of aryl methyl sites for hydroxylation is 1. The van der Waals surface area contributed by atoms with Gasteiger partial charge in [-0.05, 0) is 48.2 Å². The Kier molecular flexibility index (Phi) is 6.92. The first-order valence-electron chi connectivity index (χ1n) is 8.21. The van der Waals surface area contributed by atoms with Gasteiger partial charge in [-0.25, -0.2) is 0 Å². The molecule has 0 aromatic heterocycles. The molecule has 0 aliphatic carbocycles. The van der Waals surface area contributed by atoms with E-state index in [4.69, 9.17) is 28.2 Å². The average Bonchev–Trinajstić information content (AvgIpc) is 2.61. The molecule has 8 heteroatoms. The largest absolute Gasteiger partial charge is 0.480 e. The predicted molar refractivity (Wildman–Crippen MR) is 105 cm³/mol. The summed E-state index contributed by atoms with van der Waals surface area (Å²) < 4.78 is 0. The van der Waals surface area contributed by atoms with Crippen molar-refractivity contribution in [3.05, 3.63) is 69.7 Å². The van der Waals surface area contributed by atoms with Crippen LogP contribution in [-0.4, -0.2) is 29.0 Å². The van der Waals surface area contributed by atoms with Crippen LogP contribution in [0.3, 0.4) is 0 Å². The highest BCUT2D eigenvalue weighted by atomic mass is 35.5. The van der Waals surface area contributed by atoms with Gasteiger partial charge in [-0.3, -0.25) is 9.59 Å². The third-order valence-electron chi connectivity index (χ3n) is 4.00. The molecule has 0 saturated heterocycles. The van der Waals surface area contributed by atoms with Gasteiger partial charge in [0.15, 0.2) is 5.96 Å². The van der Waals surface area contributed by atoms with Crippen LogP contribution in [0.5, 0.6) is 0 Å². The number of halogens is 1. The first-order chi connectivity index (χ1) is 12.8. The molecule has 0 bridgehead atoms. The average molecular weight is 389 g/mol. The summed E-state index contributed by atoms with van der Waals surface area (Å²) in [6, 6.07) is 11.0. The topological polar surface area (TPSA) is 131 Å². The third kappa shape index (κ3) is 5.80. The van der Waals surface area contributed by atoms with Gasteiger partial charge in [-0.15, -0.1) is 0 Å². The quantitative estimate of drug-likeness (QED) is 0.441. The monoisotopic (exact) mass is 388 g/mol. The maximum atomic E-state index is 12.2. The molecule has 1 amide bonds. The van der Waals surface area contributed by atoms with E-state index >= 15 is 0 Å². The molecule has 2 aromatic carbocycles. The number of aliphatic imine (C=N–C) groups is 1. The highest BCUT2D eigenvalue weighted by Crippen LogP contribution is 2.18. The van der Waals surface area contributed by atoms with Crippen molar-refractivity contribution in [3.8, 4) is 0 Å². The van der Waals surface area contributed by atoms with Gasteiger partial charge in [0, 0.05) is 17.1 Å². The molecule has 2 rings (SSSR count). The van der Waals surface area contributed by atoms with E-state index in [1.807, 2.05) is 19.1 Å². The van der Waals surface area contributed by atoms with Crippen LogP contribution >= 0.6 is 11.6 Å². The van der Waals surface area contributed by atoms with E-state index in [0.29, 0.717) is 22.7 Å². The molecule has 0 unspecified atom stereocenters. The highest BCUT2D eigenvalue weighted by molar-refractivity contribution is 6.31. The summed E-state index contributed by atoms with van der Waals surface area (Å²) in [6.45, 7) is 2.28. The van der Waals surface area contributed by atoms with E-state index in [1.54, 1.807) is 30.3 Å². The number of guanidine groups is 1. The van der Waals surface area contributed by atoms with Gasteiger partial charge in [-0.1, -0.05) is 35.9 Å². The van der Waals surface area contributed by atoms with Crippen molar-refractivity contribution in [2.45, 2.75) is 25.9 Å². The molecule has 0 spiro atoms. The normalized spacial score (nSPS) is 12.5. The van der Waals surface area contributed by atoms with Gasteiger partial charge >= 0.3 is 5.97 Å². The number of amides is 1. The van der Waals surface area contributed by atoms with Crippen LogP contribution in [0, 0.1) is 6.92 Å². The van der Waals surface area contributed by atoms with Crippen LogP contribution in [0.15, 0.2) is 47.5 Å². The lowest BCUT2D eigenvalue weighted by Crippen LogP contribution is -2.32. The number of nitrogens with two attached hydrogens (primary N) is 2. The zero-order valence-electron chi connectivity index (χ0n) is 14.8. The van der Waals surface area contributed by atoms with Crippen molar-refractivity contribution in [2.75, 3.05) is 0 Å². The van der Waals surface area contributed by atoms with E-state index < -0.39 is 17.9 Å². The molecule has 142 valence electrons. The van der Waals surface area contributed by atoms with Gasteiger partial charge in [0.1, 0.15) is 6.04 Å². The summed E-state index contributed by atoms with van der Waals surface area (Å²) in [4.78, 5) is 26.8. The lowest BCUT2D eigenvalue weighted by atomic mass is 10.0. The molecule has 7 nitrogen and oxygen atoms in total. The van der Waals surface area contributed by atoms with E-state index in [9.17, 15) is 9.59 Å². The molecule has 6 N–H and O–H groups in total. The summed E-state index contributed by atoms with van der Waals surface area (Å²) >= 11 is 6.15. The number of hydrogen-bond acceptors (Lipinski definition) is 3. The highest BCUT2D eigenvalue weighted by Gasteiger charge is 2.13. The molecule has 0 radical (unpaired) electrons. The molecular formula is C19H21ClN4O3. The first-order valence-corrected chi connectivity index (χ1v) is 8.59. The summed E-state index contributed by atoms with van der Waals surface area (Å²) in [5.41, 5.74) is 14.2. The Morgan fingerprint density at radius 1 is 1.22 bits per heavy atom. The molecule has 0 fully saturated rings. The van der Waals surface area contributed by atoms with Crippen LogP contribution in [0.4, 0.5) is 0 Å². The van der Waals surface area contributed by atoms with Crippen molar-refractivity contribution < 1.29 is 14.7 Å². The fraction of sp³-hybridized carbons (Fsp3) is 0.211. The van der Waals surface area contributed by atoms with Gasteiger partial charge in [0.2, 0.25) is 0 Å². The number of rotatable bonds is 6. The molecule has 1 atom stereocenters. The number of aliphatic carboxylic acids is 1. The van der Waals surface area contributed by atoms with Gasteiger partial charge < -0.3 is 21.9 Å². The summed E-state index contributed by atoms with van der Waals surface area (Å²) in [5, 5.41) is 12.3. The Balaban J connectivity index is 1.99. The Morgan fingerprint density at radius 2 is 1.89 bits per heavy atom. The molecule has 0 heterocycles. The molecule has 0 saturated carbocycles. The fourth-order valence-corrected chi connectivity index (χ4v) is 2.70. The smallest absolute Gasteiger partial charge is 0.320 e. The Hall–Kier alpha value is -2.90. The molecule has 27 heavy (non-hydrogen) atoms. The minimum absolute atomic E-state index is 0.0173. The maximum absolute atomic E-state index is 12.2. The van der Waals surface area contributed by atoms with Gasteiger partial charge in [0.05, 0.1) is 0 Å². The van der Waals surface area contributed by atoms with E-state index in [-0.39, 0.29) is 12.4 Å². The van der Waals surface area contributed by atoms with Crippen molar-refractivity contribution >= 4 is 29.4 Å². The van der Waals surface area contributed by atoms with Crippen LogP contribution in [-0.2, 0) is 17.8 Å². The van der Waals surface area contributed by atoms with Crippen LogP contribution in [0.25, 0.3) is 0 Å². The van der Waals surface area contributed by atoms with E-state index in [2.05, 4.69) is 10.3 Å². The minimum atomic E-state index is -1.08. The number of hydrogen-bond donors (Lipinski definition) is 4. The Labute approximate surface area is 162 Å². The van der Waals surface area contributed by atoms with Crippen molar-refractivity contribution in [1.29, 1.82) is 0 Å². The number of carboxylic acid groups (broad SMARTS) is 1. The number of carbonyl (C=O) groups excluding carboxylic acids is 1.